The number of carbonyl (C=O) groups excluding carboxylic acids is 1. The molecular formula is C20H24Cl2N6O. The fourth-order valence-electron chi connectivity index (χ4n) is 3.59. The van der Waals surface area contributed by atoms with Gasteiger partial charge in [-0.1, -0.05) is 11.6 Å². The largest absolute Gasteiger partial charge is 0.341 e. The van der Waals surface area contributed by atoms with Crippen LogP contribution in [-0.4, -0.2) is 45.5 Å². The standard InChI is InChI=1S/C20H23ClN6O.ClH/c1-12-3-5-15(11-22-12)24-20(28)23-14-7-8-27(2)18(10-14)19-25-16-6-4-13(21)9-17(16)26-19;/h3-6,9,11,14,18H,7-8,10H2,1-2H3,(H,25,26)(H2,23,24,28);1H/t14-,18-;/m1./s1. The van der Waals surface area contributed by atoms with Crippen molar-refractivity contribution in [2.45, 2.75) is 31.8 Å². The molecule has 3 aromatic rings. The number of urea groups is 1. The van der Waals surface area contributed by atoms with Crippen LogP contribution >= 0.6 is 24.0 Å². The number of aromatic nitrogens is 3. The van der Waals surface area contributed by atoms with E-state index in [0.29, 0.717) is 10.7 Å². The number of benzene rings is 1. The number of piperidine rings is 1. The molecule has 4 rings (SSSR count). The Morgan fingerprint density at radius 1 is 1.31 bits per heavy atom. The average molecular weight is 435 g/mol. The maximum absolute atomic E-state index is 12.4. The van der Waals surface area contributed by atoms with Crippen molar-refractivity contribution in [3.63, 3.8) is 0 Å². The number of anilines is 1. The predicted molar refractivity (Wildman–Crippen MR) is 118 cm³/mol. The third kappa shape index (κ3) is 4.98. The second-order valence-corrected chi connectivity index (χ2v) is 7.72. The smallest absolute Gasteiger partial charge is 0.319 e. The molecule has 2 aromatic heterocycles. The highest BCUT2D eigenvalue weighted by atomic mass is 35.5. The molecule has 2 atom stereocenters. The van der Waals surface area contributed by atoms with Crippen LogP contribution in [0.3, 0.4) is 0 Å². The predicted octanol–water partition coefficient (Wildman–Crippen LogP) is 4.30. The van der Waals surface area contributed by atoms with Gasteiger partial charge in [0, 0.05) is 23.3 Å². The van der Waals surface area contributed by atoms with E-state index in [0.717, 1.165) is 41.9 Å². The van der Waals surface area contributed by atoms with E-state index in [9.17, 15) is 4.79 Å². The third-order valence-corrected chi connectivity index (χ3v) is 5.39. The SMILES string of the molecule is Cc1ccc(NC(=O)N[C@@H]2CCN(C)[C@@H](c3nc4ccc(Cl)cc4[nH]3)C2)cn1.Cl. The summed E-state index contributed by atoms with van der Waals surface area (Å²) < 4.78 is 0. The first kappa shape index (κ1) is 21.4. The summed E-state index contributed by atoms with van der Waals surface area (Å²) in [5.41, 5.74) is 3.42. The average Bonchev–Trinajstić information content (AvgIpc) is 3.08. The summed E-state index contributed by atoms with van der Waals surface area (Å²) in [6.45, 7) is 2.79. The van der Waals surface area contributed by atoms with E-state index >= 15 is 0 Å². The normalized spacial score (nSPS) is 19.6. The van der Waals surface area contributed by atoms with Crippen molar-refractivity contribution in [3.05, 3.63) is 53.1 Å². The van der Waals surface area contributed by atoms with Crippen LogP contribution in [0, 0.1) is 6.92 Å². The molecule has 0 bridgehead atoms. The summed E-state index contributed by atoms with van der Waals surface area (Å²) in [5, 5.41) is 6.61. The van der Waals surface area contributed by atoms with Gasteiger partial charge in [-0.15, -0.1) is 12.4 Å². The Bertz CT molecular complexity index is 990. The molecule has 0 aliphatic carbocycles. The van der Waals surface area contributed by atoms with Gasteiger partial charge in [0.2, 0.25) is 0 Å². The topological polar surface area (TPSA) is 85.9 Å². The summed E-state index contributed by atoms with van der Waals surface area (Å²) in [4.78, 5) is 26.9. The van der Waals surface area contributed by atoms with Crippen molar-refractivity contribution in [1.82, 2.24) is 25.2 Å². The second kappa shape index (κ2) is 8.98. The molecule has 154 valence electrons. The number of amides is 2. The number of hydrogen-bond acceptors (Lipinski definition) is 4. The molecule has 1 aliphatic rings. The lowest BCUT2D eigenvalue weighted by atomic mass is 9.97. The molecule has 0 radical (unpaired) electrons. The Morgan fingerprint density at radius 2 is 2.14 bits per heavy atom. The highest BCUT2D eigenvalue weighted by Gasteiger charge is 2.30. The first-order chi connectivity index (χ1) is 13.5. The van der Waals surface area contributed by atoms with E-state index in [1.165, 1.54) is 0 Å². The number of nitrogens with one attached hydrogen (secondary N) is 3. The van der Waals surface area contributed by atoms with Crippen molar-refractivity contribution in [2.75, 3.05) is 18.9 Å². The van der Waals surface area contributed by atoms with Gasteiger partial charge in [0.05, 0.1) is 29.0 Å². The van der Waals surface area contributed by atoms with Gasteiger partial charge in [0.25, 0.3) is 0 Å². The number of nitrogens with zero attached hydrogens (tertiary/aromatic N) is 3. The summed E-state index contributed by atoms with van der Waals surface area (Å²) in [6, 6.07) is 9.31. The number of aryl methyl sites for hydroxylation is 1. The Kier molecular flexibility index (Phi) is 6.62. The molecule has 1 aromatic carbocycles. The maximum Gasteiger partial charge on any atom is 0.319 e. The first-order valence-electron chi connectivity index (χ1n) is 9.33. The zero-order valence-corrected chi connectivity index (χ0v) is 17.8. The number of imidazole rings is 1. The summed E-state index contributed by atoms with van der Waals surface area (Å²) in [5.74, 6) is 0.898. The second-order valence-electron chi connectivity index (χ2n) is 7.29. The molecule has 0 saturated carbocycles. The fraction of sp³-hybridized carbons (Fsp3) is 0.350. The third-order valence-electron chi connectivity index (χ3n) is 5.15. The van der Waals surface area contributed by atoms with Crippen LogP contribution < -0.4 is 10.6 Å². The van der Waals surface area contributed by atoms with Crippen LogP contribution in [0.2, 0.25) is 5.02 Å². The van der Waals surface area contributed by atoms with Crippen LogP contribution in [0.4, 0.5) is 10.5 Å². The number of carbonyl (C=O) groups is 1. The molecule has 9 heteroatoms. The van der Waals surface area contributed by atoms with Gasteiger partial charge in [0.1, 0.15) is 5.82 Å². The van der Waals surface area contributed by atoms with Crippen molar-refractivity contribution in [2.24, 2.45) is 0 Å². The lowest BCUT2D eigenvalue weighted by Crippen LogP contribution is -2.46. The molecule has 3 heterocycles. The van der Waals surface area contributed by atoms with E-state index < -0.39 is 0 Å². The van der Waals surface area contributed by atoms with Gasteiger partial charge in [-0.3, -0.25) is 9.88 Å². The van der Waals surface area contributed by atoms with E-state index in [4.69, 9.17) is 16.6 Å². The Labute approximate surface area is 180 Å². The van der Waals surface area contributed by atoms with Gasteiger partial charge in [-0.2, -0.15) is 0 Å². The highest BCUT2D eigenvalue weighted by molar-refractivity contribution is 6.31. The number of aromatic amines is 1. The van der Waals surface area contributed by atoms with Gasteiger partial charge < -0.3 is 15.6 Å². The minimum absolute atomic E-state index is 0. The number of likely N-dealkylation sites (tertiary alicyclic amines) is 1. The molecule has 0 unspecified atom stereocenters. The molecule has 29 heavy (non-hydrogen) atoms. The lowest BCUT2D eigenvalue weighted by Gasteiger charge is -2.36. The number of rotatable bonds is 3. The summed E-state index contributed by atoms with van der Waals surface area (Å²) >= 11 is 6.08. The van der Waals surface area contributed by atoms with Gasteiger partial charge in [0.15, 0.2) is 0 Å². The lowest BCUT2D eigenvalue weighted by molar-refractivity contribution is 0.153. The monoisotopic (exact) mass is 434 g/mol. The van der Waals surface area contributed by atoms with Crippen molar-refractivity contribution in [1.29, 1.82) is 0 Å². The van der Waals surface area contributed by atoms with E-state index in [-0.39, 0.29) is 30.5 Å². The zero-order chi connectivity index (χ0) is 19.7. The van der Waals surface area contributed by atoms with Gasteiger partial charge in [-0.25, -0.2) is 9.78 Å². The Morgan fingerprint density at radius 3 is 2.90 bits per heavy atom. The van der Waals surface area contributed by atoms with E-state index in [1.54, 1.807) is 6.20 Å². The fourth-order valence-corrected chi connectivity index (χ4v) is 3.76. The highest BCUT2D eigenvalue weighted by Crippen LogP contribution is 2.30. The number of H-pyrrole nitrogens is 1. The number of pyridine rings is 1. The molecule has 1 aliphatic heterocycles. The molecule has 1 fully saturated rings. The van der Waals surface area contributed by atoms with Crippen LogP contribution in [0.25, 0.3) is 11.0 Å². The number of hydrogen-bond donors (Lipinski definition) is 3. The zero-order valence-electron chi connectivity index (χ0n) is 16.3. The van der Waals surface area contributed by atoms with E-state index in [1.807, 2.05) is 37.3 Å². The van der Waals surface area contributed by atoms with Crippen LogP contribution in [-0.2, 0) is 0 Å². The van der Waals surface area contributed by atoms with Gasteiger partial charge >= 0.3 is 6.03 Å². The van der Waals surface area contributed by atoms with Crippen molar-refractivity contribution < 1.29 is 4.79 Å². The molecule has 7 nitrogen and oxygen atoms in total. The number of fused-ring (bicyclic) bond motifs is 1. The maximum atomic E-state index is 12.4. The minimum atomic E-state index is -0.213. The van der Waals surface area contributed by atoms with Crippen molar-refractivity contribution in [3.8, 4) is 0 Å². The number of halogens is 2. The Hall–Kier alpha value is -2.35. The molecule has 3 N–H and O–H groups in total. The van der Waals surface area contributed by atoms with Crippen LogP contribution in [0.15, 0.2) is 36.5 Å². The van der Waals surface area contributed by atoms with Crippen LogP contribution in [0.1, 0.15) is 30.4 Å². The molecule has 0 spiro atoms. The summed E-state index contributed by atoms with van der Waals surface area (Å²) in [7, 11) is 2.08. The van der Waals surface area contributed by atoms with Crippen molar-refractivity contribution >= 4 is 46.8 Å². The molecular weight excluding hydrogens is 411 g/mol. The Balaban J connectivity index is 0.00000240. The minimum Gasteiger partial charge on any atom is -0.341 e. The van der Waals surface area contributed by atoms with Crippen LogP contribution in [0.5, 0.6) is 0 Å². The quantitative estimate of drug-likeness (QED) is 0.573. The summed E-state index contributed by atoms with van der Waals surface area (Å²) in [6.07, 6.45) is 3.33. The first-order valence-corrected chi connectivity index (χ1v) is 9.71. The molecule has 1 saturated heterocycles. The molecule has 2 amide bonds. The van der Waals surface area contributed by atoms with Gasteiger partial charge in [-0.05, 0) is 57.1 Å². The van der Waals surface area contributed by atoms with E-state index in [2.05, 4.69) is 32.5 Å².